The van der Waals surface area contributed by atoms with Gasteiger partial charge in [0.2, 0.25) is 46.9 Å². The molecule has 4 aromatic heterocycles. The van der Waals surface area contributed by atoms with Crippen LogP contribution < -0.4 is 63.8 Å². The molecule has 8 heterocycles. The Kier molecular flexibility index (Phi) is 33.1. The summed E-state index contributed by atoms with van der Waals surface area (Å²) < 4.78 is 142. The Morgan fingerprint density at radius 1 is 0.430 bits per heavy atom. The first-order chi connectivity index (χ1) is 59.5. The second-order valence-electron chi connectivity index (χ2n) is 38.3. The molecule has 4 aliphatic rings. The third-order valence-corrected chi connectivity index (χ3v) is 22.8. The molecular formula is C92H120Cl2F10N20O4. The van der Waals surface area contributed by atoms with Gasteiger partial charge < -0.3 is 63.8 Å². The van der Waals surface area contributed by atoms with Crippen LogP contribution in [0.5, 0.6) is 0 Å². The van der Waals surface area contributed by atoms with Gasteiger partial charge in [-0.15, -0.1) is 0 Å². The molecular weight excluding hydrogens is 1710 g/mol. The van der Waals surface area contributed by atoms with Crippen molar-refractivity contribution < 1.29 is 63.1 Å². The number of primary amides is 4. The first-order valence-corrected chi connectivity index (χ1v) is 43.5. The average molecular weight is 1830 g/mol. The number of amides is 4. The highest BCUT2D eigenvalue weighted by Gasteiger charge is 2.42. The Morgan fingerprint density at radius 2 is 0.797 bits per heavy atom. The van der Waals surface area contributed by atoms with Crippen molar-refractivity contribution in [3.05, 3.63) is 188 Å². The van der Waals surface area contributed by atoms with Gasteiger partial charge in [-0.1, -0.05) is 179 Å². The molecule has 0 saturated carbocycles. The average Bonchev–Trinajstić information content (AvgIpc) is 1.50. The van der Waals surface area contributed by atoms with Gasteiger partial charge in [-0.05, 0) is 165 Å². The van der Waals surface area contributed by atoms with Gasteiger partial charge in [-0.3, -0.25) is 19.2 Å². The highest BCUT2D eigenvalue weighted by molar-refractivity contribution is 6.31. The van der Waals surface area contributed by atoms with Crippen LogP contribution >= 0.6 is 23.2 Å². The summed E-state index contributed by atoms with van der Waals surface area (Å²) in [5.41, 5.74) is 26.5. The number of anilines is 8. The number of carbonyl (C=O) groups is 4. The zero-order valence-corrected chi connectivity index (χ0v) is 76.9. The van der Waals surface area contributed by atoms with E-state index in [4.69, 9.17) is 46.1 Å². The lowest BCUT2D eigenvalue weighted by molar-refractivity contribution is -0.145. The molecule has 696 valence electrons. The van der Waals surface area contributed by atoms with Crippen LogP contribution in [0.15, 0.2) is 110 Å². The van der Waals surface area contributed by atoms with Gasteiger partial charge in [-0.2, -0.15) is 26.3 Å². The van der Waals surface area contributed by atoms with Gasteiger partial charge in [0.15, 0.2) is 34.9 Å². The Hall–Kier alpha value is -10.6. The lowest BCUT2D eigenvalue weighted by Gasteiger charge is -2.29. The van der Waals surface area contributed by atoms with Crippen molar-refractivity contribution in [2.45, 2.75) is 261 Å². The molecule has 8 unspecified atom stereocenters. The van der Waals surface area contributed by atoms with E-state index < -0.39 is 112 Å². The number of halogens is 12. The number of rotatable bonds is 27. The smallest absolute Gasteiger partial charge is 0.368 e. The van der Waals surface area contributed by atoms with Crippen LogP contribution in [-0.2, 0) is 43.6 Å². The van der Waals surface area contributed by atoms with Gasteiger partial charge in [0, 0.05) is 72.8 Å². The van der Waals surface area contributed by atoms with Crippen molar-refractivity contribution in [2.24, 2.45) is 44.6 Å². The van der Waals surface area contributed by atoms with Crippen molar-refractivity contribution >= 4 is 93.4 Å². The molecule has 12 rings (SSSR count). The lowest BCUT2D eigenvalue weighted by Crippen LogP contribution is -2.39. The van der Waals surface area contributed by atoms with Gasteiger partial charge >= 0.3 is 6.18 Å². The number of aryl methyl sites for hydroxylation is 1. The van der Waals surface area contributed by atoms with E-state index in [9.17, 15) is 49.9 Å². The van der Waals surface area contributed by atoms with E-state index in [1.807, 2.05) is 108 Å². The van der Waals surface area contributed by atoms with Crippen LogP contribution in [0, 0.1) is 53.0 Å². The number of aromatic nitrogens is 8. The quantitative estimate of drug-likeness (QED) is 0.0222. The fourth-order valence-electron chi connectivity index (χ4n) is 16.3. The molecule has 128 heavy (non-hydrogen) atoms. The van der Waals surface area contributed by atoms with Gasteiger partial charge in [0.1, 0.15) is 54.8 Å². The monoisotopic (exact) mass is 1830 g/mol. The first-order valence-electron chi connectivity index (χ1n) is 42.8. The third-order valence-electron chi connectivity index (χ3n) is 22.3. The number of benzene rings is 4. The molecule has 4 aromatic carbocycles. The van der Waals surface area contributed by atoms with Crippen LogP contribution in [0.4, 0.5) is 90.4 Å². The number of carbonyl (C=O) groups excluding carboxylic acids is 4. The lowest BCUT2D eigenvalue weighted by atomic mass is 9.88. The van der Waals surface area contributed by atoms with Crippen LogP contribution in [0.1, 0.15) is 242 Å². The molecule has 8 aromatic rings. The summed E-state index contributed by atoms with van der Waals surface area (Å²) in [4.78, 5) is 87.4. The van der Waals surface area contributed by atoms with Crippen molar-refractivity contribution in [3.63, 3.8) is 0 Å². The van der Waals surface area contributed by atoms with E-state index in [0.717, 1.165) is 99.0 Å². The number of nitrogens with one attached hydrogen (secondary N) is 4. The van der Waals surface area contributed by atoms with Crippen molar-refractivity contribution in [1.29, 1.82) is 0 Å². The van der Waals surface area contributed by atoms with Crippen LogP contribution in [-0.4, -0.2) is 120 Å². The largest absolute Gasteiger partial charge is 0.451 e. The zero-order chi connectivity index (χ0) is 94.7. The van der Waals surface area contributed by atoms with Crippen molar-refractivity contribution in [2.75, 3.05) is 67.0 Å². The molecule has 36 heteroatoms. The summed E-state index contributed by atoms with van der Waals surface area (Å²) in [5, 5.41) is 12.8. The highest BCUT2D eigenvalue weighted by Crippen LogP contribution is 2.45. The molecule has 8 atom stereocenters. The second kappa shape index (κ2) is 41.8. The first kappa shape index (κ1) is 101. The number of nitrogens with two attached hydrogens (primary N) is 4. The van der Waals surface area contributed by atoms with Gasteiger partial charge in [-0.25, -0.2) is 57.4 Å². The molecule has 4 aliphatic heterocycles. The van der Waals surface area contributed by atoms with Gasteiger partial charge in [0.05, 0.1) is 18.1 Å². The molecule has 0 aliphatic carbocycles. The van der Waals surface area contributed by atoms with Crippen LogP contribution in [0.3, 0.4) is 0 Å². The highest BCUT2D eigenvalue weighted by atomic mass is 35.5. The summed E-state index contributed by atoms with van der Waals surface area (Å²) in [7, 11) is 0. The Balaban J connectivity index is 0.000000193. The van der Waals surface area contributed by atoms with E-state index >= 15 is 13.2 Å². The minimum absolute atomic E-state index is 0.00135. The molecule has 0 spiro atoms. The fourth-order valence-corrected chi connectivity index (χ4v) is 16.9. The summed E-state index contributed by atoms with van der Waals surface area (Å²) in [6.07, 6.45) is 7.94. The fraction of sp³-hybridized carbons (Fsp3) is 0.522. The third kappa shape index (κ3) is 27.9. The predicted octanol–water partition coefficient (Wildman–Crippen LogP) is 19.5. The number of hydrogen-bond acceptors (Lipinski definition) is 20. The number of nitrogens with zero attached hydrogens (tertiary/aromatic N) is 12. The van der Waals surface area contributed by atoms with E-state index in [1.165, 1.54) is 60.3 Å². The second-order valence-corrected chi connectivity index (χ2v) is 39.1. The molecule has 0 bridgehead atoms. The summed E-state index contributed by atoms with van der Waals surface area (Å²) in [5.74, 6) is -11.8. The molecule has 4 amide bonds. The zero-order valence-electron chi connectivity index (χ0n) is 75.4. The SMILES string of the molecule is CC(C)(C)CC(Nc1nc(C(F)(F)F)nc(N2CCCC2c2ccc(C(C)(F)F)cc2)c1F)C(N)=O.CC(C)(C)CC(Nc1ncnc(N2CCCC2Cc2cccc(Cl)c2)c1F)C(N)=O.Cc1c(NC(CC(C)(C)C)C(N)=O)ncnc1N1CCCC1c1ccc(C(C)(F)F)cc1.Cc1ccc(C2CCCN2c2ncnc(NC(CC(C)(C)C)C(N)=O)c2F)c(Cl)c1. The van der Waals surface area contributed by atoms with E-state index in [-0.39, 0.29) is 81.7 Å². The maximum atomic E-state index is 15.6. The van der Waals surface area contributed by atoms with Crippen LogP contribution in [0.2, 0.25) is 10.0 Å². The molecule has 0 radical (unpaired) electrons. The number of alkyl halides is 7. The Morgan fingerprint density at radius 3 is 1.20 bits per heavy atom. The number of hydrogen-bond donors (Lipinski definition) is 8. The topological polar surface area (TPSA) is 337 Å². The van der Waals surface area contributed by atoms with E-state index in [2.05, 4.69) is 86.8 Å². The maximum Gasteiger partial charge on any atom is 0.451 e. The summed E-state index contributed by atoms with van der Waals surface area (Å²) in [6, 6.07) is 21.9. The summed E-state index contributed by atoms with van der Waals surface area (Å²) in [6.45, 7) is 31.4. The normalized spacial score (nSPS) is 17.8. The Labute approximate surface area is 752 Å². The summed E-state index contributed by atoms with van der Waals surface area (Å²) >= 11 is 12.6. The van der Waals surface area contributed by atoms with Crippen molar-refractivity contribution in [1.82, 2.24) is 39.9 Å². The van der Waals surface area contributed by atoms with Crippen molar-refractivity contribution in [3.8, 4) is 0 Å². The minimum Gasteiger partial charge on any atom is -0.368 e. The predicted molar refractivity (Wildman–Crippen MR) is 482 cm³/mol. The molecule has 12 N–H and O–H groups in total. The Bertz CT molecular complexity index is 5140. The maximum absolute atomic E-state index is 15.6. The van der Waals surface area contributed by atoms with E-state index in [0.29, 0.717) is 66.6 Å². The van der Waals surface area contributed by atoms with E-state index in [1.54, 1.807) is 32.9 Å². The molecule has 24 nitrogen and oxygen atoms in total. The molecule has 4 saturated heterocycles. The van der Waals surface area contributed by atoms with Crippen LogP contribution in [0.25, 0.3) is 0 Å². The standard InChI is InChI=1S/C24H29F6N5O.C24H33F2N5O.2C22H29ClFN5O/c1-22(2,3)12-15(18(31)36)32-19-17(25)20(34-21(33-19)24(28,29)30)35-11-5-6-16(35)13-7-9-14(10-8-13)23(4,26)27;1-15-21(30-18(20(27)32)13-23(2,3)4)28-14-29-22(15)31-12-6-7-19(31)16-8-10-17(11-9-16)24(5,25)26;1-13-7-8-14(15(23)10-13)17-6-5-9-29(17)21-18(24)20(26-12-27-21)28-16(19(25)30)11-22(2,3)4;1-22(2,3)12-17(19(25)30)28-20-18(24)21(27-13-26-20)29-9-5-8-16(29)11-14-6-4-7-15(23)10-14/h7-10,15-16H,5-6,11-12H2,1-4H3,(H2,31,36)(H,32,33,34);8-11,14,18-19H,6-7,12-13H2,1-5H3,(H2,27,32)(H,28,29,30);7-8,10,12,16-17H,5-6,9,11H2,1-4H3,(H2,25,30)(H,26,27,28);4,6-7,10,13,16-17H,5,8-9,11-12H2,1-3H3,(H2,25,30)(H,26,27,28). The van der Waals surface area contributed by atoms with Gasteiger partial charge in [0.25, 0.3) is 11.8 Å². The molecule has 4 fully saturated rings. The minimum atomic E-state index is -4.99.